The molecule has 1 unspecified atom stereocenters. The van der Waals surface area contributed by atoms with Crippen molar-refractivity contribution in [2.24, 2.45) is 5.41 Å². The van der Waals surface area contributed by atoms with Crippen LogP contribution in [0.3, 0.4) is 0 Å². The quantitative estimate of drug-likeness (QED) is 0.251. The smallest absolute Gasteiger partial charge is 0.416 e. The number of nitrogens with one attached hydrogen (secondary N) is 1. The summed E-state index contributed by atoms with van der Waals surface area (Å²) in [4.78, 5) is 40.8. The molecule has 10 nitrogen and oxygen atoms in total. The number of carbonyl (C=O) groups excluding carboxylic acids is 2. The summed E-state index contributed by atoms with van der Waals surface area (Å²) in [5.41, 5.74) is 7.03. The second kappa shape index (κ2) is 12.4. The fourth-order valence-electron chi connectivity index (χ4n) is 5.34. The van der Waals surface area contributed by atoms with Crippen LogP contribution in [0.25, 0.3) is 16.8 Å². The fourth-order valence-corrected chi connectivity index (χ4v) is 5.34. The van der Waals surface area contributed by atoms with E-state index < -0.39 is 17.6 Å². The summed E-state index contributed by atoms with van der Waals surface area (Å²) in [6, 6.07) is 6.36. The number of amides is 2. The molecule has 2 amide bonds. The van der Waals surface area contributed by atoms with Crippen LogP contribution in [-0.2, 0) is 11.0 Å². The summed E-state index contributed by atoms with van der Waals surface area (Å²) in [7, 11) is 0. The standard InChI is InChI=1S/C32H36F3N7O3/c1-5-25(43)41-13-6-7-20(17-41)29-40-26(27-28(36)38-12-14-42(27)29)22-9-8-19(15-23(22)45-18-31(2,3)4)30(44)39-24-16-21(10-11-37-24)32(33,34)35/h8-12,14-16,20H,5-7,13,17-18H2,1-4H3,(H2,36,38)(H,37,39,44). The van der Waals surface area contributed by atoms with Crippen LogP contribution < -0.4 is 15.8 Å². The van der Waals surface area contributed by atoms with Crippen molar-refractivity contribution in [2.75, 3.05) is 30.7 Å². The molecule has 3 N–H and O–H groups in total. The number of pyridine rings is 1. The molecule has 0 radical (unpaired) electrons. The average Bonchev–Trinajstić information content (AvgIpc) is 3.39. The highest BCUT2D eigenvalue weighted by Crippen LogP contribution is 2.39. The van der Waals surface area contributed by atoms with Gasteiger partial charge in [0.2, 0.25) is 5.91 Å². The predicted molar refractivity (Wildman–Crippen MR) is 164 cm³/mol. The number of hydrogen-bond donors (Lipinski definition) is 2. The Hall–Kier alpha value is -4.68. The molecule has 1 atom stereocenters. The van der Waals surface area contributed by atoms with E-state index in [1.165, 1.54) is 6.07 Å². The minimum atomic E-state index is -4.58. The van der Waals surface area contributed by atoms with Crippen molar-refractivity contribution < 1.29 is 27.5 Å². The fraction of sp³-hybridized carbons (Fsp3) is 0.406. The molecule has 238 valence electrons. The zero-order valence-corrected chi connectivity index (χ0v) is 25.6. The lowest BCUT2D eigenvalue weighted by Crippen LogP contribution is -2.39. The Bertz CT molecular complexity index is 1730. The van der Waals surface area contributed by atoms with E-state index in [9.17, 15) is 22.8 Å². The van der Waals surface area contributed by atoms with Gasteiger partial charge in [-0.25, -0.2) is 15.0 Å². The van der Waals surface area contributed by atoms with Crippen molar-refractivity contribution in [2.45, 2.75) is 59.1 Å². The first kappa shape index (κ1) is 31.7. The molecule has 1 fully saturated rings. The molecule has 1 saturated heterocycles. The number of aromatic nitrogens is 4. The number of halogens is 3. The molecule has 45 heavy (non-hydrogen) atoms. The van der Waals surface area contributed by atoms with Crippen LogP contribution in [0.5, 0.6) is 5.75 Å². The van der Waals surface area contributed by atoms with Gasteiger partial charge in [-0.1, -0.05) is 27.7 Å². The molecule has 3 aromatic heterocycles. The maximum Gasteiger partial charge on any atom is 0.416 e. The Balaban J connectivity index is 1.56. The number of nitrogens with zero attached hydrogens (tertiary/aromatic N) is 5. The molecular formula is C32H36F3N7O3. The van der Waals surface area contributed by atoms with Gasteiger partial charge in [-0.2, -0.15) is 13.2 Å². The van der Waals surface area contributed by atoms with E-state index in [0.29, 0.717) is 48.6 Å². The Kier molecular flexibility index (Phi) is 8.72. The summed E-state index contributed by atoms with van der Waals surface area (Å²) < 4.78 is 47.8. The first-order chi connectivity index (χ1) is 21.2. The third-order valence-electron chi connectivity index (χ3n) is 7.54. The SMILES string of the molecule is CCC(=O)N1CCCC(c2nc(-c3ccc(C(=O)Nc4cc(C(F)(F)F)ccn4)cc3OCC(C)(C)C)c3c(N)nccn23)C1. The molecule has 4 aromatic rings. The van der Waals surface area contributed by atoms with E-state index in [2.05, 4.69) is 15.3 Å². The molecule has 0 saturated carbocycles. The van der Waals surface area contributed by atoms with Crippen molar-refractivity contribution in [1.29, 1.82) is 0 Å². The number of imidazole rings is 1. The Labute approximate surface area is 258 Å². The van der Waals surface area contributed by atoms with E-state index in [0.717, 1.165) is 37.0 Å². The number of ether oxygens (including phenoxy) is 1. The van der Waals surface area contributed by atoms with Crippen molar-refractivity contribution in [3.8, 4) is 17.0 Å². The molecule has 1 aromatic carbocycles. The molecule has 4 heterocycles. The highest BCUT2D eigenvalue weighted by molar-refractivity contribution is 6.04. The Morgan fingerprint density at radius 3 is 2.60 bits per heavy atom. The number of fused-ring (bicyclic) bond motifs is 1. The van der Waals surface area contributed by atoms with E-state index in [1.807, 2.05) is 37.0 Å². The van der Waals surface area contributed by atoms with Gasteiger partial charge in [0.1, 0.15) is 34.4 Å². The van der Waals surface area contributed by atoms with Gasteiger partial charge < -0.3 is 20.7 Å². The first-order valence-corrected chi connectivity index (χ1v) is 14.8. The van der Waals surface area contributed by atoms with Gasteiger partial charge in [-0.05, 0) is 48.6 Å². The lowest BCUT2D eigenvalue weighted by molar-refractivity contribution is -0.137. The van der Waals surface area contributed by atoms with Crippen LogP contribution in [0.15, 0.2) is 48.9 Å². The van der Waals surface area contributed by atoms with Crippen molar-refractivity contribution in [3.63, 3.8) is 0 Å². The van der Waals surface area contributed by atoms with E-state index in [-0.39, 0.29) is 34.4 Å². The van der Waals surface area contributed by atoms with Gasteiger partial charge >= 0.3 is 6.18 Å². The topological polar surface area (TPSA) is 128 Å². The van der Waals surface area contributed by atoms with Crippen molar-refractivity contribution in [1.82, 2.24) is 24.3 Å². The number of hydrogen-bond acceptors (Lipinski definition) is 7. The number of nitrogen functional groups attached to an aromatic ring is 1. The number of likely N-dealkylation sites (tertiary alicyclic amines) is 1. The van der Waals surface area contributed by atoms with Crippen molar-refractivity contribution in [3.05, 3.63) is 65.9 Å². The van der Waals surface area contributed by atoms with E-state index in [4.69, 9.17) is 15.5 Å². The maximum atomic E-state index is 13.2. The Morgan fingerprint density at radius 1 is 1.11 bits per heavy atom. The van der Waals surface area contributed by atoms with Crippen LogP contribution in [-0.4, -0.2) is 55.8 Å². The number of alkyl halides is 3. The molecule has 0 aliphatic carbocycles. The average molecular weight is 624 g/mol. The van der Waals surface area contributed by atoms with Gasteiger partial charge in [0.15, 0.2) is 0 Å². The second-order valence-corrected chi connectivity index (χ2v) is 12.3. The number of benzene rings is 1. The van der Waals surface area contributed by atoms with Crippen LogP contribution in [0.1, 0.15) is 74.6 Å². The van der Waals surface area contributed by atoms with E-state index in [1.54, 1.807) is 24.5 Å². The Morgan fingerprint density at radius 2 is 1.89 bits per heavy atom. The van der Waals surface area contributed by atoms with Gasteiger partial charge in [0, 0.05) is 55.1 Å². The molecule has 1 aliphatic rings. The third kappa shape index (κ3) is 7.02. The van der Waals surface area contributed by atoms with E-state index >= 15 is 0 Å². The van der Waals surface area contributed by atoms with Crippen LogP contribution in [0.4, 0.5) is 24.8 Å². The van der Waals surface area contributed by atoms with Gasteiger partial charge in [-0.3, -0.25) is 14.0 Å². The van der Waals surface area contributed by atoms with Crippen LogP contribution in [0.2, 0.25) is 0 Å². The number of rotatable bonds is 7. The van der Waals surface area contributed by atoms with Gasteiger partial charge in [0.05, 0.1) is 12.2 Å². The number of anilines is 2. The van der Waals surface area contributed by atoms with Gasteiger partial charge in [-0.15, -0.1) is 0 Å². The second-order valence-electron chi connectivity index (χ2n) is 12.3. The maximum absolute atomic E-state index is 13.2. The monoisotopic (exact) mass is 623 g/mol. The minimum absolute atomic E-state index is 0.0405. The number of nitrogens with two attached hydrogens (primary N) is 1. The first-order valence-electron chi connectivity index (χ1n) is 14.8. The molecule has 5 rings (SSSR count). The lowest BCUT2D eigenvalue weighted by Gasteiger charge is -2.32. The zero-order valence-electron chi connectivity index (χ0n) is 25.6. The zero-order chi connectivity index (χ0) is 32.5. The summed E-state index contributed by atoms with van der Waals surface area (Å²) >= 11 is 0. The molecule has 0 spiro atoms. The number of carbonyl (C=O) groups is 2. The molecular weight excluding hydrogens is 587 g/mol. The summed E-state index contributed by atoms with van der Waals surface area (Å²) in [6.45, 7) is 9.38. The third-order valence-corrected chi connectivity index (χ3v) is 7.54. The van der Waals surface area contributed by atoms with Crippen LogP contribution in [0, 0.1) is 5.41 Å². The summed E-state index contributed by atoms with van der Waals surface area (Å²) in [6.07, 6.45) is 1.90. The number of piperidine rings is 1. The largest absolute Gasteiger partial charge is 0.492 e. The molecule has 13 heteroatoms. The normalized spacial score (nSPS) is 15.7. The predicted octanol–water partition coefficient (Wildman–Crippen LogP) is 6.19. The van der Waals surface area contributed by atoms with Crippen LogP contribution >= 0.6 is 0 Å². The van der Waals surface area contributed by atoms with Crippen molar-refractivity contribution >= 4 is 29.0 Å². The summed E-state index contributed by atoms with van der Waals surface area (Å²) in [5, 5.41) is 2.45. The summed E-state index contributed by atoms with van der Waals surface area (Å²) in [5.74, 6) is 0.493. The minimum Gasteiger partial charge on any atom is -0.492 e. The highest BCUT2D eigenvalue weighted by Gasteiger charge is 2.32. The molecule has 1 aliphatic heterocycles. The highest BCUT2D eigenvalue weighted by atomic mass is 19.4. The van der Waals surface area contributed by atoms with Gasteiger partial charge in [0.25, 0.3) is 5.91 Å². The lowest BCUT2D eigenvalue weighted by atomic mass is 9.97. The molecule has 0 bridgehead atoms.